The number of hydrogen-bond acceptors (Lipinski definition) is 5. The van der Waals surface area contributed by atoms with Crippen molar-refractivity contribution in [3.05, 3.63) is 29.6 Å². The Balaban J connectivity index is 2.16. The van der Waals surface area contributed by atoms with Crippen LogP contribution in [0.1, 0.15) is 16.2 Å². The Kier molecular flexibility index (Phi) is 2.99. The van der Waals surface area contributed by atoms with Gasteiger partial charge in [-0.3, -0.25) is 4.79 Å². The van der Waals surface area contributed by atoms with Crippen molar-refractivity contribution < 1.29 is 9.53 Å². The van der Waals surface area contributed by atoms with Crippen LogP contribution in [0.15, 0.2) is 18.2 Å². The van der Waals surface area contributed by atoms with Gasteiger partial charge in [0.05, 0.1) is 7.11 Å². The van der Waals surface area contributed by atoms with E-state index in [9.17, 15) is 4.79 Å². The molecular formula is C10H11N5O2. The zero-order valence-electron chi connectivity index (χ0n) is 9.39. The normalized spacial score (nSPS) is 10.0. The maximum absolute atomic E-state index is 11.7. The minimum atomic E-state index is -0.410. The Labute approximate surface area is 97.2 Å². The van der Waals surface area contributed by atoms with Gasteiger partial charge in [0.2, 0.25) is 0 Å². The third-order valence-electron chi connectivity index (χ3n) is 2.23. The SMILES string of the molecule is COc1ccc(NC(=O)c2nn[nH]n2)c(C)c1. The van der Waals surface area contributed by atoms with Gasteiger partial charge in [-0.05, 0) is 35.9 Å². The lowest BCUT2D eigenvalue weighted by Crippen LogP contribution is -2.14. The number of hydrogen-bond donors (Lipinski definition) is 2. The molecule has 0 radical (unpaired) electrons. The molecule has 2 rings (SSSR count). The lowest BCUT2D eigenvalue weighted by molar-refractivity contribution is 0.101. The number of amides is 1. The fourth-order valence-corrected chi connectivity index (χ4v) is 1.34. The molecule has 2 N–H and O–H groups in total. The minimum Gasteiger partial charge on any atom is -0.497 e. The number of aromatic amines is 1. The summed E-state index contributed by atoms with van der Waals surface area (Å²) in [5.41, 5.74) is 1.57. The molecule has 7 nitrogen and oxygen atoms in total. The molecule has 0 aliphatic carbocycles. The number of benzene rings is 1. The van der Waals surface area contributed by atoms with Crippen molar-refractivity contribution in [1.82, 2.24) is 20.6 Å². The number of carbonyl (C=O) groups excluding carboxylic acids is 1. The van der Waals surface area contributed by atoms with Gasteiger partial charge in [-0.15, -0.1) is 10.2 Å². The maximum atomic E-state index is 11.7. The first-order chi connectivity index (χ1) is 8.20. The average molecular weight is 233 g/mol. The van der Waals surface area contributed by atoms with E-state index in [-0.39, 0.29) is 5.82 Å². The lowest BCUT2D eigenvalue weighted by atomic mass is 10.2. The van der Waals surface area contributed by atoms with E-state index in [1.54, 1.807) is 19.2 Å². The molecule has 0 fully saturated rings. The summed E-state index contributed by atoms with van der Waals surface area (Å²) in [5.74, 6) is 0.326. The number of aromatic nitrogens is 4. The van der Waals surface area contributed by atoms with Crippen molar-refractivity contribution in [2.75, 3.05) is 12.4 Å². The first-order valence-electron chi connectivity index (χ1n) is 4.90. The van der Waals surface area contributed by atoms with Gasteiger partial charge in [-0.1, -0.05) is 0 Å². The first kappa shape index (κ1) is 11.1. The Hall–Kier alpha value is -2.44. The van der Waals surface area contributed by atoms with E-state index in [1.807, 2.05) is 13.0 Å². The van der Waals surface area contributed by atoms with Gasteiger partial charge in [-0.2, -0.15) is 5.21 Å². The van der Waals surface area contributed by atoms with Crippen LogP contribution in [0.3, 0.4) is 0 Å². The minimum absolute atomic E-state index is 0.000202. The van der Waals surface area contributed by atoms with Gasteiger partial charge < -0.3 is 10.1 Å². The van der Waals surface area contributed by atoms with E-state index in [0.29, 0.717) is 5.69 Å². The summed E-state index contributed by atoms with van der Waals surface area (Å²) in [6.07, 6.45) is 0. The average Bonchev–Trinajstić information content (AvgIpc) is 2.85. The fourth-order valence-electron chi connectivity index (χ4n) is 1.34. The van der Waals surface area contributed by atoms with Gasteiger partial charge >= 0.3 is 0 Å². The van der Waals surface area contributed by atoms with Gasteiger partial charge in [0, 0.05) is 5.69 Å². The van der Waals surface area contributed by atoms with Gasteiger partial charge in [0.25, 0.3) is 11.7 Å². The van der Waals surface area contributed by atoms with Crippen LogP contribution in [0.4, 0.5) is 5.69 Å². The molecule has 0 aliphatic rings. The fraction of sp³-hybridized carbons (Fsp3) is 0.200. The van der Waals surface area contributed by atoms with E-state index < -0.39 is 5.91 Å². The molecule has 1 heterocycles. The van der Waals surface area contributed by atoms with Crippen LogP contribution in [-0.2, 0) is 0 Å². The smallest absolute Gasteiger partial charge is 0.297 e. The van der Waals surface area contributed by atoms with Crippen molar-refractivity contribution in [2.45, 2.75) is 6.92 Å². The molecule has 17 heavy (non-hydrogen) atoms. The van der Waals surface area contributed by atoms with E-state index in [4.69, 9.17) is 4.74 Å². The molecule has 1 amide bonds. The van der Waals surface area contributed by atoms with E-state index >= 15 is 0 Å². The number of ether oxygens (including phenoxy) is 1. The van der Waals surface area contributed by atoms with Crippen LogP contribution in [-0.4, -0.2) is 33.6 Å². The number of rotatable bonds is 3. The maximum Gasteiger partial charge on any atom is 0.297 e. The molecule has 0 bridgehead atoms. The highest BCUT2D eigenvalue weighted by atomic mass is 16.5. The number of aryl methyl sites for hydroxylation is 1. The molecule has 0 spiro atoms. The molecule has 7 heteroatoms. The monoisotopic (exact) mass is 233 g/mol. The second-order valence-electron chi connectivity index (χ2n) is 3.37. The molecule has 1 aromatic carbocycles. The molecule has 0 unspecified atom stereocenters. The van der Waals surface area contributed by atoms with Crippen molar-refractivity contribution in [3.8, 4) is 5.75 Å². The van der Waals surface area contributed by atoms with Crippen LogP contribution in [0.5, 0.6) is 5.75 Å². The number of nitrogens with one attached hydrogen (secondary N) is 2. The van der Waals surface area contributed by atoms with Crippen LogP contribution in [0, 0.1) is 6.92 Å². The van der Waals surface area contributed by atoms with Gasteiger partial charge in [-0.25, -0.2) is 0 Å². The van der Waals surface area contributed by atoms with Crippen LogP contribution < -0.4 is 10.1 Å². The largest absolute Gasteiger partial charge is 0.497 e. The topological polar surface area (TPSA) is 92.8 Å². The predicted molar refractivity (Wildman–Crippen MR) is 59.9 cm³/mol. The Bertz CT molecular complexity index is 523. The molecule has 88 valence electrons. The van der Waals surface area contributed by atoms with E-state index in [2.05, 4.69) is 25.9 Å². The van der Waals surface area contributed by atoms with Gasteiger partial charge in [0.15, 0.2) is 0 Å². The van der Waals surface area contributed by atoms with Crippen molar-refractivity contribution in [2.24, 2.45) is 0 Å². The quantitative estimate of drug-likeness (QED) is 0.816. The highest BCUT2D eigenvalue weighted by Gasteiger charge is 2.12. The number of anilines is 1. The highest BCUT2D eigenvalue weighted by molar-refractivity contribution is 6.01. The van der Waals surface area contributed by atoms with Crippen LogP contribution >= 0.6 is 0 Å². The van der Waals surface area contributed by atoms with Crippen LogP contribution in [0.25, 0.3) is 0 Å². The molecule has 0 aliphatic heterocycles. The van der Waals surface area contributed by atoms with Crippen molar-refractivity contribution in [3.63, 3.8) is 0 Å². The highest BCUT2D eigenvalue weighted by Crippen LogP contribution is 2.21. The van der Waals surface area contributed by atoms with E-state index in [0.717, 1.165) is 11.3 Å². The van der Waals surface area contributed by atoms with Crippen LogP contribution in [0.2, 0.25) is 0 Å². The summed E-state index contributed by atoms with van der Waals surface area (Å²) in [4.78, 5) is 11.7. The second-order valence-corrected chi connectivity index (χ2v) is 3.37. The molecule has 0 saturated heterocycles. The number of tetrazole rings is 1. The Morgan fingerprint density at radius 2 is 2.29 bits per heavy atom. The summed E-state index contributed by atoms with van der Waals surface area (Å²) >= 11 is 0. The molecular weight excluding hydrogens is 222 g/mol. The van der Waals surface area contributed by atoms with Crippen molar-refractivity contribution >= 4 is 11.6 Å². The number of H-pyrrole nitrogens is 1. The lowest BCUT2D eigenvalue weighted by Gasteiger charge is -2.08. The number of carbonyl (C=O) groups is 1. The zero-order valence-corrected chi connectivity index (χ0v) is 9.39. The van der Waals surface area contributed by atoms with E-state index in [1.165, 1.54) is 0 Å². The summed E-state index contributed by atoms with van der Waals surface area (Å²) in [7, 11) is 1.59. The predicted octanol–water partition coefficient (Wildman–Crippen LogP) is 0.769. The molecule has 0 saturated carbocycles. The second kappa shape index (κ2) is 4.60. The number of nitrogens with zero attached hydrogens (tertiary/aromatic N) is 3. The van der Waals surface area contributed by atoms with Gasteiger partial charge in [0.1, 0.15) is 5.75 Å². The summed E-state index contributed by atoms with van der Waals surface area (Å²) in [6, 6.07) is 5.34. The molecule has 1 aromatic heterocycles. The standard InChI is InChI=1S/C10H11N5O2/c1-6-5-7(17-2)3-4-8(6)11-10(16)9-12-14-15-13-9/h3-5H,1-2H3,(H,11,16)(H,12,13,14,15). The zero-order chi connectivity index (χ0) is 12.3. The molecule has 0 atom stereocenters. The Morgan fingerprint density at radius 1 is 1.47 bits per heavy atom. The van der Waals surface area contributed by atoms with Crippen molar-refractivity contribution in [1.29, 1.82) is 0 Å². The molecule has 2 aromatic rings. The summed E-state index contributed by atoms with van der Waals surface area (Å²) < 4.78 is 5.07. The first-order valence-corrected chi connectivity index (χ1v) is 4.90. The Morgan fingerprint density at radius 3 is 2.88 bits per heavy atom. The third-order valence-corrected chi connectivity index (χ3v) is 2.23. The number of methoxy groups -OCH3 is 1. The summed E-state index contributed by atoms with van der Waals surface area (Å²) in [6.45, 7) is 1.87. The summed E-state index contributed by atoms with van der Waals surface area (Å²) in [5, 5.41) is 15.4. The third kappa shape index (κ3) is 2.39.